The summed E-state index contributed by atoms with van der Waals surface area (Å²) in [7, 11) is 0. The number of hydrogen-bond acceptors (Lipinski definition) is 4. The summed E-state index contributed by atoms with van der Waals surface area (Å²) >= 11 is 0. The van der Waals surface area contributed by atoms with Crippen LogP contribution in [0.15, 0.2) is 0 Å². The molecule has 0 bridgehead atoms. The van der Waals surface area contributed by atoms with E-state index in [1.807, 2.05) is 27.7 Å². The zero-order chi connectivity index (χ0) is 18.9. The van der Waals surface area contributed by atoms with Crippen LogP contribution in [0.25, 0.3) is 0 Å². The Morgan fingerprint density at radius 2 is 1.44 bits per heavy atom. The zero-order valence-corrected chi connectivity index (χ0v) is 17.1. The van der Waals surface area contributed by atoms with Gasteiger partial charge in [0.05, 0.1) is 17.3 Å². The normalized spacial score (nSPS) is 22.6. The van der Waals surface area contributed by atoms with Gasteiger partial charge in [-0.05, 0) is 97.9 Å². The first kappa shape index (κ1) is 22.9. The molecule has 1 saturated carbocycles. The fourth-order valence-corrected chi connectivity index (χ4v) is 3.91. The Morgan fingerprint density at radius 3 is 1.92 bits per heavy atom. The minimum Gasteiger partial charge on any atom is -0.393 e. The SMILES string of the molecule is CC(C)(O)CCCC(CCCC(C)(C)O)NCCC1CCCC[C@@H]1O. The fourth-order valence-electron chi connectivity index (χ4n) is 3.91. The van der Waals surface area contributed by atoms with E-state index < -0.39 is 11.2 Å². The molecule has 0 saturated heterocycles. The maximum absolute atomic E-state index is 10.1. The van der Waals surface area contributed by atoms with Crippen molar-refractivity contribution < 1.29 is 15.3 Å². The second-order valence-corrected chi connectivity index (χ2v) is 9.46. The first-order valence-corrected chi connectivity index (χ1v) is 10.4. The van der Waals surface area contributed by atoms with Gasteiger partial charge in [0, 0.05) is 6.04 Å². The zero-order valence-electron chi connectivity index (χ0n) is 17.1. The van der Waals surface area contributed by atoms with Crippen molar-refractivity contribution in [1.82, 2.24) is 5.32 Å². The standard InChI is InChI=1S/C21H43NO3/c1-20(2,24)14-7-10-18(11-8-15-21(3,4)25)22-16-13-17-9-5-6-12-19(17)23/h17-19,22-25H,5-16H2,1-4H3/t17?,19-/m0/s1. The Bertz CT molecular complexity index is 326. The molecule has 0 heterocycles. The summed E-state index contributed by atoms with van der Waals surface area (Å²) < 4.78 is 0. The van der Waals surface area contributed by atoms with Gasteiger partial charge in [-0.25, -0.2) is 0 Å². The van der Waals surface area contributed by atoms with Gasteiger partial charge in [-0.15, -0.1) is 0 Å². The highest BCUT2D eigenvalue weighted by Gasteiger charge is 2.23. The Kier molecular flexibility index (Phi) is 9.94. The van der Waals surface area contributed by atoms with Crippen molar-refractivity contribution in [1.29, 1.82) is 0 Å². The summed E-state index contributed by atoms with van der Waals surface area (Å²) in [5, 5.41) is 33.6. The fraction of sp³-hybridized carbons (Fsp3) is 1.00. The highest BCUT2D eigenvalue weighted by Crippen LogP contribution is 2.26. The number of rotatable bonds is 12. The maximum atomic E-state index is 10.1. The van der Waals surface area contributed by atoms with Gasteiger partial charge >= 0.3 is 0 Å². The Labute approximate surface area is 155 Å². The number of nitrogens with one attached hydrogen (secondary N) is 1. The minimum atomic E-state index is -0.593. The molecule has 25 heavy (non-hydrogen) atoms. The van der Waals surface area contributed by atoms with Crippen molar-refractivity contribution in [2.45, 2.75) is 122 Å². The number of aliphatic hydroxyl groups excluding tert-OH is 1. The van der Waals surface area contributed by atoms with Gasteiger partial charge in [0.15, 0.2) is 0 Å². The smallest absolute Gasteiger partial charge is 0.0591 e. The van der Waals surface area contributed by atoms with E-state index in [1.165, 1.54) is 12.8 Å². The van der Waals surface area contributed by atoms with E-state index in [0.29, 0.717) is 12.0 Å². The average molecular weight is 358 g/mol. The molecule has 1 unspecified atom stereocenters. The quantitative estimate of drug-likeness (QED) is 0.429. The molecule has 4 N–H and O–H groups in total. The van der Waals surface area contributed by atoms with Crippen LogP contribution >= 0.6 is 0 Å². The van der Waals surface area contributed by atoms with E-state index in [-0.39, 0.29) is 6.10 Å². The first-order chi connectivity index (χ1) is 11.6. The van der Waals surface area contributed by atoms with Crippen LogP contribution < -0.4 is 5.32 Å². The van der Waals surface area contributed by atoms with Crippen LogP contribution in [-0.2, 0) is 0 Å². The summed E-state index contributed by atoms with van der Waals surface area (Å²) in [5.74, 6) is 0.453. The molecule has 2 atom stereocenters. The second kappa shape index (κ2) is 10.9. The van der Waals surface area contributed by atoms with Crippen molar-refractivity contribution in [3.63, 3.8) is 0 Å². The van der Waals surface area contributed by atoms with Crippen LogP contribution in [0.1, 0.15) is 98.3 Å². The molecule has 0 aromatic carbocycles. The van der Waals surface area contributed by atoms with Crippen LogP contribution in [0.3, 0.4) is 0 Å². The third kappa shape index (κ3) is 12.0. The monoisotopic (exact) mass is 357 g/mol. The van der Waals surface area contributed by atoms with Crippen LogP contribution in [0, 0.1) is 5.92 Å². The van der Waals surface area contributed by atoms with E-state index in [9.17, 15) is 15.3 Å². The van der Waals surface area contributed by atoms with Gasteiger partial charge in [0.25, 0.3) is 0 Å². The molecule has 0 spiro atoms. The summed E-state index contributed by atoms with van der Waals surface area (Å²) in [5.41, 5.74) is -1.19. The third-order valence-electron chi connectivity index (χ3n) is 5.50. The van der Waals surface area contributed by atoms with Crippen molar-refractivity contribution >= 4 is 0 Å². The molecular formula is C21H43NO3. The van der Waals surface area contributed by atoms with Crippen LogP contribution in [0.4, 0.5) is 0 Å². The molecule has 0 aromatic rings. The van der Waals surface area contributed by atoms with Gasteiger partial charge in [-0.1, -0.05) is 12.8 Å². The number of hydrogen-bond donors (Lipinski definition) is 4. The molecule has 150 valence electrons. The molecule has 1 rings (SSSR count). The average Bonchev–Trinajstić information content (AvgIpc) is 2.46. The van der Waals surface area contributed by atoms with Gasteiger partial charge in [0.2, 0.25) is 0 Å². The molecule has 0 aromatic heterocycles. The summed E-state index contributed by atoms with van der Waals surface area (Å²) in [4.78, 5) is 0. The predicted molar refractivity (Wildman–Crippen MR) is 105 cm³/mol. The van der Waals surface area contributed by atoms with Crippen LogP contribution in [-0.4, -0.2) is 45.2 Å². The number of aliphatic hydroxyl groups is 3. The molecule has 1 aliphatic rings. The van der Waals surface area contributed by atoms with Crippen molar-refractivity contribution in [3.8, 4) is 0 Å². The molecule has 4 nitrogen and oxygen atoms in total. The van der Waals surface area contributed by atoms with Gasteiger partial charge in [-0.2, -0.15) is 0 Å². The molecule has 0 radical (unpaired) electrons. The molecule has 1 fully saturated rings. The van der Waals surface area contributed by atoms with E-state index in [4.69, 9.17) is 0 Å². The highest BCUT2D eigenvalue weighted by molar-refractivity contribution is 4.77. The van der Waals surface area contributed by atoms with Crippen LogP contribution in [0.5, 0.6) is 0 Å². The predicted octanol–water partition coefficient (Wildman–Crippen LogP) is 3.77. The molecule has 0 aliphatic heterocycles. The summed E-state index contributed by atoms with van der Waals surface area (Å²) in [6.07, 6.45) is 11.3. The summed E-state index contributed by atoms with van der Waals surface area (Å²) in [6, 6.07) is 0.436. The maximum Gasteiger partial charge on any atom is 0.0591 e. The summed E-state index contributed by atoms with van der Waals surface area (Å²) in [6.45, 7) is 8.43. The Morgan fingerprint density at radius 1 is 0.920 bits per heavy atom. The van der Waals surface area contributed by atoms with Gasteiger partial charge in [-0.3, -0.25) is 0 Å². The largest absolute Gasteiger partial charge is 0.393 e. The van der Waals surface area contributed by atoms with Crippen molar-refractivity contribution in [2.24, 2.45) is 5.92 Å². The van der Waals surface area contributed by atoms with E-state index >= 15 is 0 Å². The Hall–Kier alpha value is -0.160. The second-order valence-electron chi connectivity index (χ2n) is 9.46. The Balaban J connectivity index is 2.34. The highest BCUT2D eigenvalue weighted by atomic mass is 16.3. The van der Waals surface area contributed by atoms with Crippen molar-refractivity contribution in [2.75, 3.05) is 6.54 Å². The van der Waals surface area contributed by atoms with Crippen molar-refractivity contribution in [3.05, 3.63) is 0 Å². The molecule has 1 aliphatic carbocycles. The molecular weight excluding hydrogens is 314 g/mol. The molecule has 0 amide bonds. The lowest BCUT2D eigenvalue weighted by Crippen LogP contribution is -2.34. The first-order valence-electron chi connectivity index (χ1n) is 10.4. The lowest BCUT2D eigenvalue weighted by atomic mass is 9.84. The van der Waals surface area contributed by atoms with Gasteiger partial charge < -0.3 is 20.6 Å². The topological polar surface area (TPSA) is 72.7 Å². The van der Waals surface area contributed by atoms with E-state index in [1.54, 1.807) is 0 Å². The van der Waals surface area contributed by atoms with Crippen LogP contribution in [0.2, 0.25) is 0 Å². The minimum absolute atomic E-state index is 0.112. The van der Waals surface area contributed by atoms with E-state index in [2.05, 4.69) is 5.32 Å². The lowest BCUT2D eigenvalue weighted by molar-refractivity contribution is 0.0614. The molecule has 4 heteroatoms. The van der Waals surface area contributed by atoms with Gasteiger partial charge in [0.1, 0.15) is 0 Å². The van der Waals surface area contributed by atoms with E-state index in [0.717, 1.165) is 64.3 Å². The lowest BCUT2D eigenvalue weighted by Gasteiger charge is -2.29. The third-order valence-corrected chi connectivity index (χ3v) is 5.50.